The maximum Gasteiger partial charge on any atom is 0.223 e. The monoisotopic (exact) mass is 475 g/mol. The Bertz CT molecular complexity index is 1160. The number of benzene rings is 2. The molecule has 3 heterocycles. The van der Waals surface area contributed by atoms with E-state index in [0.29, 0.717) is 32.0 Å². The number of anilines is 2. The molecular weight excluding hydrogens is 441 g/mol. The van der Waals surface area contributed by atoms with Gasteiger partial charge in [0.15, 0.2) is 0 Å². The van der Waals surface area contributed by atoms with Crippen molar-refractivity contribution in [1.82, 2.24) is 19.4 Å². The van der Waals surface area contributed by atoms with Gasteiger partial charge in [0.05, 0.1) is 6.54 Å². The van der Waals surface area contributed by atoms with Crippen LogP contribution in [0.1, 0.15) is 37.6 Å². The van der Waals surface area contributed by atoms with Crippen molar-refractivity contribution >= 4 is 17.4 Å². The lowest BCUT2D eigenvalue weighted by Crippen LogP contribution is -2.41. The molecule has 0 saturated carbocycles. The van der Waals surface area contributed by atoms with Gasteiger partial charge in [0.1, 0.15) is 23.2 Å². The average molecular weight is 476 g/mol. The third-order valence-corrected chi connectivity index (χ3v) is 7.37. The molecule has 0 bridgehead atoms. The van der Waals surface area contributed by atoms with E-state index >= 15 is 0 Å². The van der Waals surface area contributed by atoms with Crippen LogP contribution in [-0.2, 0) is 17.9 Å². The van der Waals surface area contributed by atoms with E-state index in [1.54, 1.807) is 12.1 Å². The summed E-state index contributed by atoms with van der Waals surface area (Å²) in [5, 5.41) is 3.54. The number of carbonyl (C=O) groups is 1. The van der Waals surface area contributed by atoms with E-state index in [0.717, 1.165) is 61.1 Å². The molecule has 7 heteroatoms. The Morgan fingerprint density at radius 3 is 2.43 bits per heavy atom. The molecule has 2 aromatic carbocycles. The number of hydrogen-bond donors (Lipinski definition) is 1. The summed E-state index contributed by atoms with van der Waals surface area (Å²) < 4.78 is 15.8. The number of aromatic nitrogens is 2. The minimum atomic E-state index is -0.271. The highest BCUT2D eigenvalue weighted by Gasteiger charge is 2.29. The summed E-state index contributed by atoms with van der Waals surface area (Å²) in [5.41, 5.74) is 3.79. The van der Waals surface area contributed by atoms with Gasteiger partial charge in [0, 0.05) is 30.8 Å². The summed E-state index contributed by atoms with van der Waals surface area (Å²) in [6, 6.07) is 14.7. The second-order valence-electron chi connectivity index (χ2n) is 9.77. The van der Waals surface area contributed by atoms with E-state index in [4.69, 9.17) is 4.98 Å². The van der Waals surface area contributed by atoms with Crippen LogP contribution >= 0.6 is 0 Å². The number of likely N-dealkylation sites (tertiary alicyclic amines) is 1. The van der Waals surface area contributed by atoms with Gasteiger partial charge in [0.25, 0.3) is 0 Å². The number of halogens is 1. The molecule has 1 amide bonds. The van der Waals surface area contributed by atoms with Gasteiger partial charge < -0.3 is 19.7 Å². The summed E-state index contributed by atoms with van der Waals surface area (Å²) in [6.45, 7) is 9.37. The van der Waals surface area contributed by atoms with Gasteiger partial charge in [-0.15, -0.1) is 0 Å². The van der Waals surface area contributed by atoms with Crippen LogP contribution in [0.3, 0.4) is 0 Å². The largest absolute Gasteiger partial charge is 0.340 e. The van der Waals surface area contributed by atoms with E-state index in [1.165, 1.54) is 17.7 Å². The van der Waals surface area contributed by atoms with Crippen LogP contribution in [0.5, 0.6) is 0 Å². The van der Waals surface area contributed by atoms with Crippen LogP contribution in [0.4, 0.5) is 15.9 Å². The fourth-order valence-corrected chi connectivity index (χ4v) is 5.14. The number of piperidine rings is 1. The second-order valence-corrected chi connectivity index (χ2v) is 9.77. The number of imidazole rings is 1. The van der Waals surface area contributed by atoms with Crippen molar-refractivity contribution in [2.45, 2.75) is 46.2 Å². The van der Waals surface area contributed by atoms with Crippen molar-refractivity contribution in [2.75, 3.05) is 31.5 Å². The molecule has 6 nitrogen and oxygen atoms in total. The van der Waals surface area contributed by atoms with Crippen molar-refractivity contribution in [3.8, 4) is 11.3 Å². The number of hydrogen-bond acceptors (Lipinski definition) is 4. The smallest absolute Gasteiger partial charge is 0.223 e. The molecule has 0 spiro atoms. The molecule has 2 aliphatic rings. The van der Waals surface area contributed by atoms with Crippen LogP contribution in [0.25, 0.3) is 11.3 Å². The fraction of sp³-hybridized carbons (Fsp3) is 0.429. The quantitative estimate of drug-likeness (QED) is 0.532. The van der Waals surface area contributed by atoms with Gasteiger partial charge in [-0.1, -0.05) is 24.6 Å². The highest BCUT2D eigenvalue weighted by Crippen LogP contribution is 2.34. The Morgan fingerprint density at radius 1 is 1.03 bits per heavy atom. The number of rotatable bonds is 6. The predicted octanol–water partition coefficient (Wildman–Crippen LogP) is 5.21. The van der Waals surface area contributed by atoms with E-state index in [9.17, 15) is 9.18 Å². The number of carbonyl (C=O) groups excluding carboxylic acids is 1. The van der Waals surface area contributed by atoms with Gasteiger partial charge in [-0.05, 0) is 81.7 Å². The minimum Gasteiger partial charge on any atom is -0.340 e. The number of fused-ring (bicyclic) bond motifs is 1. The van der Waals surface area contributed by atoms with Crippen molar-refractivity contribution in [2.24, 2.45) is 5.92 Å². The highest BCUT2D eigenvalue weighted by atomic mass is 19.1. The Morgan fingerprint density at radius 2 is 1.74 bits per heavy atom. The van der Waals surface area contributed by atoms with E-state index in [1.807, 2.05) is 17.0 Å². The molecule has 0 aliphatic carbocycles. The summed E-state index contributed by atoms with van der Waals surface area (Å²) in [4.78, 5) is 22.5. The predicted molar refractivity (Wildman–Crippen MR) is 137 cm³/mol. The average Bonchev–Trinajstić information content (AvgIpc) is 3.23. The second kappa shape index (κ2) is 10.2. The van der Waals surface area contributed by atoms with Gasteiger partial charge in [0.2, 0.25) is 5.91 Å². The van der Waals surface area contributed by atoms with Crippen molar-refractivity contribution < 1.29 is 9.18 Å². The molecule has 0 unspecified atom stereocenters. The molecule has 1 N–H and O–H groups in total. The van der Waals surface area contributed by atoms with E-state index in [-0.39, 0.29) is 11.7 Å². The standard InChI is InChI=1S/C28H34FN5O/c1-3-32-14-12-21(13-15-32)18-26(35)33-16-17-34-25(19-33)31-27(22-6-8-23(29)9-7-22)28(34)30-24-10-4-20(2)5-11-24/h4-11,21,30H,3,12-19H2,1-2H3. The lowest BCUT2D eigenvalue weighted by molar-refractivity contribution is -0.134. The van der Waals surface area contributed by atoms with Gasteiger partial charge in [-0.25, -0.2) is 9.37 Å². The summed E-state index contributed by atoms with van der Waals surface area (Å²) in [5.74, 6) is 2.17. The highest BCUT2D eigenvalue weighted by molar-refractivity contribution is 5.78. The first-order valence-electron chi connectivity index (χ1n) is 12.7. The molecule has 2 aliphatic heterocycles. The molecule has 0 atom stereocenters. The van der Waals surface area contributed by atoms with Crippen LogP contribution in [0.15, 0.2) is 48.5 Å². The van der Waals surface area contributed by atoms with Crippen LogP contribution in [-0.4, -0.2) is 51.4 Å². The minimum absolute atomic E-state index is 0.227. The molecule has 1 aromatic heterocycles. The van der Waals surface area contributed by atoms with E-state index < -0.39 is 0 Å². The Kier molecular flexibility index (Phi) is 6.86. The van der Waals surface area contributed by atoms with Gasteiger partial charge in [-0.2, -0.15) is 0 Å². The maximum absolute atomic E-state index is 13.6. The van der Waals surface area contributed by atoms with Gasteiger partial charge >= 0.3 is 0 Å². The fourth-order valence-electron chi connectivity index (χ4n) is 5.14. The molecule has 184 valence electrons. The molecule has 0 radical (unpaired) electrons. The molecule has 3 aromatic rings. The normalized spacial score (nSPS) is 16.8. The first-order chi connectivity index (χ1) is 17.0. The third-order valence-electron chi connectivity index (χ3n) is 7.37. The zero-order chi connectivity index (χ0) is 24.4. The molecule has 35 heavy (non-hydrogen) atoms. The Hall–Kier alpha value is -3.19. The molecular formula is C28H34FN5O. The van der Waals surface area contributed by atoms with Gasteiger partial charge in [-0.3, -0.25) is 4.79 Å². The zero-order valence-corrected chi connectivity index (χ0v) is 20.6. The number of nitrogens with zero attached hydrogens (tertiary/aromatic N) is 4. The topological polar surface area (TPSA) is 53.4 Å². The molecule has 1 saturated heterocycles. The third kappa shape index (κ3) is 5.25. The van der Waals surface area contributed by atoms with Crippen LogP contribution in [0, 0.1) is 18.7 Å². The SMILES string of the molecule is CCN1CCC(CC(=O)N2CCn3c(nc(-c4ccc(F)cc4)c3Nc3ccc(C)cc3)C2)CC1. The molecule has 5 rings (SSSR count). The summed E-state index contributed by atoms with van der Waals surface area (Å²) >= 11 is 0. The summed E-state index contributed by atoms with van der Waals surface area (Å²) in [7, 11) is 0. The van der Waals surface area contributed by atoms with Crippen molar-refractivity contribution in [3.63, 3.8) is 0 Å². The first kappa shape index (κ1) is 23.5. The lowest BCUT2D eigenvalue weighted by Gasteiger charge is -2.33. The number of amides is 1. The maximum atomic E-state index is 13.6. The summed E-state index contributed by atoms with van der Waals surface area (Å²) in [6.07, 6.45) is 2.82. The van der Waals surface area contributed by atoms with E-state index in [2.05, 4.69) is 40.8 Å². The first-order valence-corrected chi connectivity index (χ1v) is 12.7. The number of aryl methyl sites for hydroxylation is 1. The Labute approximate surface area is 206 Å². The van der Waals surface area contributed by atoms with Crippen molar-refractivity contribution in [1.29, 1.82) is 0 Å². The van der Waals surface area contributed by atoms with Crippen LogP contribution in [0.2, 0.25) is 0 Å². The lowest BCUT2D eigenvalue weighted by atomic mass is 9.93. The Balaban J connectivity index is 1.37. The van der Waals surface area contributed by atoms with Crippen molar-refractivity contribution in [3.05, 3.63) is 65.7 Å². The number of nitrogens with one attached hydrogen (secondary N) is 1. The van der Waals surface area contributed by atoms with Crippen LogP contribution < -0.4 is 5.32 Å². The zero-order valence-electron chi connectivity index (χ0n) is 20.6. The molecule has 1 fully saturated rings.